The number of rotatable bonds is 8. The molecule has 34 heavy (non-hydrogen) atoms. The monoisotopic (exact) mass is 631 g/mol. The molecule has 8 heteroatoms. The fraction of sp³-hybridized carbons (Fsp3) is 0.385. The van der Waals surface area contributed by atoms with Crippen molar-refractivity contribution in [2.75, 3.05) is 43.9 Å². The molecule has 0 saturated carbocycles. The molecule has 186 valence electrons. The standard InChI is InChI=1S/C24H27Br2Cl2N3O.C2H6/c1-3-5-16-17(25)14-18(26)24(23(16)29-2)32-13-12-31-20-8-7-19(27)22(28)21(20)15-6-4-10-30-11-9-15;1-2/h3,5-8,14,29-31H,4,9-13H2,1-2H3;1-2H3/b5-3-;. The van der Waals surface area contributed by atoms with E-state index in [1.54, 1.807) is 0 Å². The van der Waals surface area contributed by atoms with Gasteiger partial charge in [0.1, 0.15) is 6.61 Å². The van der Waals surface area contributed by atoms with Gasteiger partial charge >= 0.3 is 0 Å². The Hall–Kier alpha value is -1.18. The number of nitrogens with one attached hydrogen (secondary N) is 3. The van der Waals surface area contributed by atoms with Crippen molar-refractivity contribution < 1.29 is 4.74 Å². The Kier molecular flexibility index (Phi) is 12.9. The molecule has 0 spiro atoms. The third-order valence-corrected chi connectivity index (χ3v) is 7.22. The molecule has 2 aromatic rings. The summed E-state index contributed by atoms with van der Waals surface area (Å²) in [6.07, 6.45) is 8.19. The minimum Gasteiger partial charge on any atom is -0.488 e. The lowest BCUT2D eigenvalue weighted by atomic mass is 10.00. The van der Waals surface area contributed by atoms with Crippen molar-refractivity contribution in [1.82, 2.24) is 5.32 Å². The molecule has 0 fully saturated rings. The summed E-state index contributed by atoms with van der Waals surface area (Å²) in [5.41, 5.74) is 5.14. The number of allylic oxidation sites excluding steroid dienone is 1. The largest absolute Gasteiger partial charge is 0.488 e. The van der Waals surface area contributed by atoms with Gasteiger partial charge in [-0.05, 0) is 72.6 Å². The van der Waals surface area contributed by atoms with Crippen molar-refractivity contribution in [1.29, 1.82) is 0 Å². The van der Waals surface area contributed by atoms with Gasteiger partial charge in [-0.3, -0.25) is 0 Å². The van der Waals surface area contributed by atoms with Crippen molar-refractivity contribution >= 4 is 78.1 Å². The van der Waals surface area contributed by atoms with Crippen molar-refractivity contribution in [2.45, 2.75) is 33.6 Å². The van der Waals surface area contributed by atoms with Gasteiger partial charge in [-0.15, -0.1) is 0 Å². The van der Waals surface area contributed by atoms with Gasteiger partial charge < -0.3 is 20.7 Å². The van der Waals surface area contributed by atoms with Crippen LogP contribution in [0.15, 0.2) is 39.3 Å². The van der Waals surface area contributed by atoms with Crippen LogP contribution in [-0.4, -0.2) is 33.3 Å². The van der Waals surface area contributed by atoms with E-state index < -0.39 is 0 Å². The second kappa shape index (κ2) is 15.0. The van der Waals surface area contributed by atoms with Crippen LogP contribution in [0, 0.1) is 0 Å². The molecule has 3 N–H and O–H groups in total. The Morgan fingerprint density at radius 3 is 2.62 bits per heavy atom. The van der Waals surface area contributed by atoms with E-state index in [4.69, 9.17) is 27.9 Å². The summed E-state index contributed by atoms with van der Waals surface area (Å²) in [5, 5.41) is 11.3. The number of hydrogen-bond acceptors (Lipinski definition) is 4. The smallest absolute Gasteiger partial charge is 0.157 e. The van der Waals surface area contributed by atoms with Gasteiger partial charge in [0.15, 0.2) is 5.75 Å². The number of halogens is 4. The van der Waals surface area contributed by atoms with E-state index in [-0.39, 0.29) is 0 Å². The highest BCUT2D eigenvalue weighted by Gasteiger charge is 2.17. The summed E-state index contributed by atoms with van der Waals surface area (Å²) in [4.78, 5) is 0. The molecule has 0 amide bonds. The summed E-state index contributed by atoms with van der Waals surface area (Å²) >= 11 is 20.2. The zero-order chi connectivity index (χ0) is 25.1. The lowest BCUT2D eigenvalue weighted by Crippen LogP contribution is -2.15. The zero-order valence-electron chi connectivity index (χ0n) is 20.1. The summed E-state index contributed by atoms with van der Waals surface area (Å²) in [5.74, 6) is 0.775. The molecule has 4 nitrogen and oxygen atoms in total. The number of ether oxygens (including phenoxy) is 1. The van der Waals surface area contributed by atoms with Crippen LogP contribution in [0.1, 0.15) is 44.7 Å². The highest BCUT2D eigenvalue weighted by Crippen LogP contribution is 2.41. The molecule has 1 aliphatic heterocycles. The molecule has 2 aromatic carbocycles. The van der Waals surface area contributed by atoms with Crippen LogP contribution in [0.4, 0.5) is 11.4 Å². The van der Waals surface area contributed by atoms with Crippen molar-refractivity contribution in [2.24, 2.45) is 0 Å². The van der Waals surface area contributed by atoms with E-state index in [1.807, 2.05) is 58.2 Å². The second-order valence-electron chi connectivity index (χ2n) is 7.29. The highest BCUT2D eigenvalue weighted by molar-refractivity contribution is 9.11. The van der Waals surface area contributed by atoms with Crippen LogP contribution < -0.4 is 20.7 Å². The fourth-order valence-corrected chi connectivity index (χ4v) is 5.56. The first-order valence-electron chi connectivity index (χ1n) is 11.5. The molecule has 0 aliphatic carbocycles. The second-order valence-corrected chi connectivity index (χ2v) is 9.78. The third-order valence-electron chi connectivity index (χ3n) is 5.17. The Bertz CT molecular complexity index is 1030. The molecule has 0 radical (unpaired) electrons. The van der Waals surface area contributed by atoms with Crippen LogP contribution in [-0.2, 0) is 0 Å². The van der Waals surface area contributed by atoms with E-state index in [1.165, 1.54) is 5.57 Å². The first-order valence-corrected chi connectivity index (χ1v) is 13.9. The third kappa shape index (κ3) is 7.41. The minimum absolute atomic E-state index is 0.477. The summed E-state index contributed by atoms with van der Waals surface area (Å²) < 4.78 is 8.04. The Balaban J connectivity index is 0.00000199. The topological polar surface area (TPSA) is 45.3 Å². The number of benzene rings is 2. The molecular weight excluding hydrogens is 601 g/mol. The Morgan fingerprint density at radius 2 is 1.91 bits per heavy atom. The predicted molar refractivity (Wildman–Crippen MR) is 158 cm³/mol. The molecule has 0 saturated heterocycles. The Labute approximate surface area is 230 Å². The van der Waals surface area contributed by atoms with Crippen molar-refractivity contribution in [3.8, 4) is 5.75 Å². The van der Waals surface area contributed by atoms with Gasteiger partial charge in [-0.25, -0.2) is 0 Å². The first-order chi connectivity index (χ1) is 16.5. The fourth-order valence-electron chi connectivity index (χ4n) is 3.71. The average molecular weight is 634 g/mol. The van der Waals surface area contributed by atoms with Crippen LogP contribution in [0.25, 0.3) is 11.6 Å². The summed E-state index contributed by atoms with van der Waals surface area (Å²) in [6, 6.07) is 5.82. The molecule has 1 heterocycles. The summed E-state index contributed by atoms with van der Waals surface area (Å²) in [7, 11) is 1.89. The van der Waals surface area contributed by atoms with Gasteiger partial charge in [0.2, 0.25) is 0 Å². The van der Waals surface area contributed by atoms with E-state index in [0.29, 0.717) is 23.2 Å². The van der Waals surface area contributed by atoms with E-state index in [2.05, 4.69) is 53.9 Å². The highest BCUT2D eigenvalue weighted by atomic mass is 79.9. The maximum atomic E-state index is 6.63. The minimum atomic E-state index is 0.477. The van der Waals surface area contributed by atoms with Gasteiger partial charge in [-0.1, -0.05) is 71.2 Å². The maximum absolute atomic E-state index is 6.63. The van der Waals surface area contributed by atoms with Crippen LogP contribution in [0.5, 0.6) is 5.75 Å². The average Bonchev–Trinajstić information content (AvgIpc) is 3.12. The van der Waals surface area contributed by atoms with Crippen molar-refractivity contribution in [3.05, 3.63) is 60.5 Å². The van der Waals surface area contributed by atoms with Crippen molar-refractivity contribution in [3.63, 3.8) is 0 Å². The van der Waals surface area contributed by atoms with Gasteiger partial charge in [0.05, 0.1) is 20.2 Å². The maximum Gasteiger partial charge on any atom is 0.157 e. The van der Waals surface area contributed by atoms with Gasteiger partial charge in [-0.2, -0.15) is 0 Å². The summed E-state index contributed by atoms with van der Waals surface area (Å²) in [6.45, 7) is 8.98. The quantitative estimate of drug-likeness (QED) is 0.254. The van der Waals surface area contributed by atoms with Crippen LogP contribution >= 0.6 is 55.1 Å². The normalized spacial score (nSPS) is 13.6. The molecular formula is C26H33Br2Cl2N3O. The number of anilines is 2. The lowest BCUT2D eigenvalue weighted by molar-refractivity contribution is 0.332. The van der Waals surface area contributed by atoms with E-state index >= 15 is 0 Å². The lowest BCUT2D eigenvalue weighted by Gasteiger charge is -2.19. The SMILES string of the molecule is C/C=C\c1c(Br)cc(Br)c(OCCNc2ccc(Cl)c(Cl)c2C2=CCCNCC2)c1NC.CC. The molecule has 0 atom stereocenters. The van der Waals surface area contributed by atoms with Crippen LogP contribution in [0.2, 0.25) is 10.0 Å². The van der Waals surface area contributed by atoms with E-state index in [9.17, 15) is 0 Å². The molecule has 1 aliphatic rings. The van der Waals surface area contributed by atoms with Crippen LogP contribution in [0.3, 0.4) is 0 Å². The first kappa shape index (κ1) is 29.1. The predicted octanol–water partition coefficient (Wildman–Crippen LogP) is 8.88. The molecule has 3 rings (SSSR count). The number of hydrogen-bond donors (Lipinski definition) is 3. The molecule has 0 bridgehead atoms. The molecule has 0 unspecified atom stereocenters. The molecule has 0 aromatic heterocycles. The zero-order valence-corrected chi connectivity index (χ0v) is 24.8. The van der Waals surface area contributed by atoms with Gasteiger partial charge in [0, 0.05) is 34.9 Å². The van der Waals surface area contributed by atoms with Gasteiger partial charge in [0.25, 0.3) is 0 Å². The van der Waals surface area contributed by atoms with E-state index in [0.717, 1.165) is 63.1 Å². The Morgan fingerprint density at radius 1 is 1.15 bits per heavy atom.